The van der Waals surface area contributed by atoms with Crippen molar-refractivity contribution in [2.45, 2.75) is 13.5 Å². The van der Waals surface area contributed by atoms with E-state index in [4.69, 9.17) is 5.11 Å². The van der Waals surface area contributed by atoms with E-state index in [0.29, 0.717) is 13.1 Å². The van der Waals surface area contributed by atoms with Crippen molar-refractivity contribution in [3.05, 3.63) is 84.2 Å². The highest BCUT2D eigenvalue weighted by Gasteiger charge is 2.11. The van der Waals surface area contributed by atoms with Crippen molar-refractivity contribution in [1.29, 1.82) is 0 Å². The average Bonchev–Trinajstić information content (AvgIpc) is 2.76. The molecule has 2 heterocycles. The van der Waals surface area contributed by atoms with Crippen LogP contribution in [0.5, 0.6) is 0 Å². The van der Waals surface area contributed by atoms with Gasteiger partial charge in [-0.1, -0.05) is 42.5 Å². The van der Waals surface area contributed by atoms with E-state index in [2.05, 4.69) is 70.0 Å². The Morgan fingerprint density at radius 3 is 2.55 bits per heavy atom. The highest BCUT2D eigenvalue weighted by atomic mass is 16.3. The van der Waals surface area contributed by atoms with Crippen molar-refractivity contribution >= 4 is 22.4 Å². The van der Waals surface area contributed by atoms with Crippen LogP contribution in [0.1, 0.15) is 11.1 Å². The van der Waals surface area contributed by atoms with E-state index >= 15 is 0 Å². The van der Waals surface area contributed by atoms with Gasteiger partial charge in [0.15, 0.2) is 5.82 Å². The number of hydrogen-bond donors (Lipinski definition) is 3. The number of nitrogens with one attached hydrogen (secondary N) is 2. The van der Waals surface area contributed by atoms with Crippen LogP contribution >= 0.6 is 0 Å². The van der Waals surface area contributed by atoms with E-state index in [1.165, 1.54) is 16.7 Å². The maximum absolute atomic E-state index is 9.00. The molecule has 0 saturated carbocycles. The molecule has 0 aliphatic carbocycles. The van der Waals surface area contributed by atoms with Gasteiger partial charge in [0, 0.05) is 36.6 Å². The molecule has 4 rings (SSSR count). The molecule has 2 aromatic heterocycles. The number of aromatic nitrogens is 2. The molecule has 3 N–H and O–H groups in total. The molecule has 5 heteroatoms. The molecule has 2 aromatic carbocycles. The molecular weight excluding hydrogens is 360 g/mol. The van der Waals surface area contributed by atoms with Crippen LogP contribution in [0.2, 0.25) is 0 Å². The highest BCUT2D eigenvalue weighted by molar-refractivity contribution is 5.92. The number of fused-ring (bicyclic) bond motifs is 1. The fourth-order valence-corrected chi connectivity index (χ4v) is 3.51. The Morgan fingerprint density at radius 2 is 1.72 bits per heavy atom. The molecule has 0 amide bonds. The molecule has 0 saturated heterocycles. The largest absolute Gasteiger partial charge is 0.395 e. The number of aliphatic hydroxyl groups is 1. The van der Waals surface area contributed by atoms with Gasteiger partial charge in [0.2, 0.25) is 0 Å². The molecule has 29 heavy (non-hydrogen) atoms. The van der Waals surface area contributed by atoms with Crippen molar-refractivity contribution in [3.63, 3.8) is 0 Å². The summed E-state index contributed by atoms with van der Waals surface area (Å²) in [6, 6.07) is 20.6. The van der Waals surface area contributed by atoms with E-state index < -0.39 is 0 Å². The predicted molar refractivity (Wildman–Crippen MR) is 118 cm³/mol. The third-order valence-corrected chi connectivity index (χ3v) is 5.03. The summed E-state index contributed by atoms with van der Waals surface area (Å²) in [6.07, 6.45) is 3.61. The molecule has 4 aromatic rings. The zero-order valence-corrected chi connectivity index (χ0v) is 16.4. The topological polar surface area (TPSA) is 70.1 Å². The van der Waals surface area contributed by atoms with Crippen molar-refractivity contribution in [1.82, 2.24) is 15.3 Å². The minimum atomic E-state index is 0.119. The number of benzene rings is 2. The van der Waals surface area contributed by atoms with Crippen molar-refractivity contribution in [2.75, 3.05) is 18.5 Å². The first-order valence-corrected chi connectivity index (χ1v) is 9.74. The molecular formula is C24H24N4O. The summed E-state index contributed by atoms with van der Waals surface area (Å²) in [7, 11) is 0. The quantitative estimate of drug-likeness (QED) is 0.411. The van der Waals surface area contributed by atoms with Crippen molar-refractivity contribution in [3.8, 4) is 11.1 Å². The minimum absolute atomic E-state index is 0.119. The Kier molecular flexibility index (Phi) is 5.79. The van der Waals surface area contributed by atoms with Gasteiger partial charge in [-0.25, -0.2) is 4.98 Å². The number of hydrogen-bond acceptors (Lipinski definition) is 5. The summed E-state index contributed by atoms with van der Waals surface area (Å²) in [5.41, 5.74) is 6.52. The maximum Gasteiger partial charge on any atom is 0.156 e. The third-order valence-electron chi connectivity index (χ3n) is 5.03. The van der Waals surface area contributed by atoms with Gasteiger partial charge in [0.1, 0.15) is 5.52 Å². The minimum Gasteiger partial charge on any atom is -0.395 e. The van der Waals surface area contributed by atoms with Crippen LogP contribution in [0.25, 0.3) is 22.0 Å². The van der Waals surface area contributed by atoms with Crippen LogP contribution in [0.4, 0.5) is 11.5 Å². The lowest BCUT2D eigenvalue weighted by atomic mass is 9.99. The molecule has 5 nitrogen and oxygen atoms in total. The van der Waals surface area contributed by atoms with Gasteiger partial charge in [-0.2, -0.15) is 0 Å². The Labute approximate surface area is 170 Å². The van der Waals surface area contributed by atoms with Crippen molar-refractivity contribution in [2.24, 2.45) is 0 Å². The number of pyridine rings is 2. The first kappa shape index (κ1) is 19.1. The number of rotatable bonds is 7. The number of aliphatic hydroxyl groups excluding tert-OH is 1. The smallest absolute Gasteiger partial charge is 0.156 e. The summed E-state index contributed by atoms with van der Waals surface area (Å²) in [5.74, 6) is 0.736. The van der Waals surface area contributed by atoms with Crippen LogP contribution in [-0.2, 0) is 6.54 Å². The summed E-state index contributed by atoms with van der Waals surface area (Å²) >= 11 is 0. The summed E-state index contributed by atoms with van der Waals surface area (Å²) < 4.78 is 0. The second-order valence-corrected chi connectivity index (χ2v) is 6.90. The fourth-order valence-electron chi connectivity index (χ4n) is 3.51. The lowest BCUT2D eigenvalue weighted by molar-refractivity contribution is 0.292. The molecule has 0 bridgehead atoms. The molecule has 146 valence electrons. The maximum atomic E-state index is 9.00. The summed E-state index contributed by atoms with van der Waals surface area (Å²) in [4.78, 5) is 9.12. The lowest BCUT2D eigenvalue weighted by Gasteiger charge is -2.15. The molecule has 0 atom stereocenters. The summed E-state index contributed by atoms with van der Waals surface area (Å²) in [6.45, 7) is 3.47. The Bertz CT molecular complexity index is 1110. The predicted octanol–water partition coefficient (Wildman–Crippen LogP) is 4.43. The Hall–Kier alpha value is -3.28. The highest BCUT2D eigenvalue weighted by Crippen LogP contribution is 2.31. The summed E-state index contributed by atoms with van der Waals surface area (Å²) in [5, 5.41) is 16.8. The van der Waals surface area contributed by atoms with Crippen LogP contribution in [0.15, 0.2) is 73.1 Å². The zero-order valence-electron chi connectivity index (χ0n) is 16.4. The molecule has 0 aliphatic rings. The molecule has 0 fully saturated rings. The molecule has 0 unspecified atom stereocenters. The molecule has 0 radical (unpaired) electrons. The van der Waals surface area contributed by atoms with Gasteiger partial charge in [-0.05, 0) is 47.4 Å². The van der Waals surface area contributed by atoms with Gasteiger partial charge < -0.3 is 15.7 Å². The monoisotopic (exact) mass is 384 g/mol. The van der Waals surface area contributed by atoms with E-state index in [9.17, 15) is 0 Å². The van der Waals surface area contributed by atoms with E-state index in [1.807, 2.05) is 18.2 Å². The first-order chi connectivity index (χ1) is 14.3. The number of nitrogens with zero attached hydrogens (tertiary/aromatic N) is 2. The molecule has 0 spiro atoms. The van der Waals surface area contributed by atoms with Crippen LogP contribution in [0.3, 0.4) is 0 Å². The van der Waals surface area contributed by atoms with Crippen LogP contribution in [0, 0.1) is 6.92 Å². The van der Waals surface area contributed by atoms with Crippen LogP contribution in [-0.4, -0.2) is 28.2 Å². The van der Waals surface area contributed by atoms with Crippen molar-refractivity contribution < 1.29 is 5.11 Å². The molecule has 0 aliphatic heterocycles. The van der Waals surface area contributed by atoms with Crippen LogP contribution < -0.4 is 10.6 Å². The Morgan fingerprint density at radius 1 is 0.897 bits per heavy atom. The SMILES string of the molecule is Cc1c(Nc2nccc3c(CNCCO)ccnc23)cccc1-c1ccccc1. The lowest BCUT2D eigenvalue weighted by Crippen LogP contribution is -2.17. The average molecular weight is 384 g/mol. The van der Waals surface area contributed by atoms with Gasteiger partial charge in [-0.15, -0.1) is 0 Å². The fraction of sp³-hybridized carbons (Fsp3) is 0.167. The van der Waals surface area contributed by atoms with E-state index in [-0.39, 0.29) is 6.61 Å². The number of anilines is 2. The van der Waals surface area contributed by atoms with E-state index in [0.717, 1.165) is 28.0 Å². The van der Waals surface area contributed by atoms with Gasteiger partial charge in [-0.3, -0.25) is 4.98 Å². The van der Waals surface area contributed by atoms with Gasteiger partial charge in [0.25, 0.3) is 0 Å². The second kappa shape index (κ2) is 8.82. The zero-order chi connectivity index (χ0) is 20.1. The Balaban J connectivity index is 1.69. The second-order valence-electron chi connectivity index (χ2n) is 6.90. The van der Waals surface area contributed by atoms with Gasteiger partial charge in [0.05, 0.1) is 6.61 Å². The standard InChI is InChI=1S/C24H24N4O/c1-17-20(18-6-3-2-4-7-18)8-5-9-22(17)28-24-23-21(11-13-27-24)19(10-12-26-23)16-25-14-15-29/h2-13,25,29H,14-16H2,1H3,(H,27,28). The normalized spacial score (nSPS) is 11.0. The first-order valence-electron chi connectivity index (χ1n) is 9.74. The van der Waals surface area contributed by atoms with Gasteiger partial charge >= 0.3 is 0 Å². The van der Waals surface area contributed by atoms with E-state index in [1.54, 1.807) is 12.4 Å². The third kappa shape index (κ3) is 4.11.